The predicted molar refractivity (Wildman–Crippen MR) is 69.1 cm³/mol. The van der Waals surface area contributed by atoms with Gasteiger partial charge in [-0.3, -0.25) is 4.79 Å². The number of benzene rings is 1. The van der Waals surface area contributed by atoms with Crippen LogP contribution in [0.2, 0.25) is 0 Å². The maximum atomic E-state index is 11.8. The van der Waals surface area contributed by atoms with Crippen LogP contribution in [0.1, 0.15) is 30.5 Å². The van der Waals surface area contributed by atoms with Crippen molar-refractivity contribution in [3.05, 3.63) is 28.8 Å². The smallest absolute Gasteiger partial charge is 0.152 e. The van der Waals surface area contributed by atoms with Gasteiger partial charge in [0.1, 0.15) is 5.75 Å². The highest BCUT2D eigenvalue weighted by Gasteiger charge is 2.19. The SMILES string of the molecule is Cc1cc(O)cc(C)c1CC(N)C(=O)C(C)C. The van der Waals surface area contributed by atoms with E-state index < -0.39 is 6.04 Å². The van der Waals surface area contributed by atoms with Gasteiger partial charge in [0.2, 0.25) is 0 Å². The van der Waals surface area contributed by atoms with Crippen LogP contribution in [0.15, 0.2) is 12.1 Å². The van der Waals surface area contributed by atoms with E-state index in [0.29, 0.717) is 6.42 Å². The van der Waals surface area contributed by atoms with Gasteiger partial charge in [-0.25, -0.2) is 0 Å². The van der Waals surface area contributed by atoms with E-state index in [1.54, 1.807) is 12.1 Å². The summed E-state index contributed by atoms with van der Waals surface area (Å²) in [5.74, 6) is 0.298. The van der Waals surface area contributed by atoms with Crippen LogP contribution in [0, 0.1) is 19.8 Å². The highest BCUT2D eigenvalue weighted by atomic mass is 16.3. The number of carbonyl (C=O) groups excluding carboxylic acids is 1. The standard InChI is InChI=1S/C14H21NO2/c1-8(2)14(17)13(15)7-12-9(3)5-11(16)6-10(12)4/h5-6,8,13,16H,7,15H2,1-4H3. The topological polar surface area (TPSA) is 63.3 Å². The fourth-order valence-corrected chi connectivity index (χ4v) is 2.04. The molecule has 0 heterocycles. The zero-order chi connectivity index (χ0) is 13.2. The number of carbonyl (C=O) groups is 1. The van der Waals surface area contributed by atoms with Gasteiger partial charge in [0.25, 0.3) is 0 Å². The molecule has 1 atom stereocenters. The minimum absolute atomic E-state index is 0.0391. The molecule has 3 heteroatoms. The molecule has 0 saturated heterocycles. The molecule has 0 aliphatic carbocycles. The molecule has 0 saturated carbocycles. The number of phenols is 1. The molecule has 0 fully saturated rings. The monoisotopic (exact) mass is 235 g/mol. The number of aromatic hydroxyl groups is 1. The summed E-state index contributed by atoms with van der Waals surface area (Å²) in [6.07, 6.45) is 0.537. The van der Waals surface area contributed by atoms with Crippen LogP contribution >= 0.6 is 0 Å². The van der Waals surface area contributed by atoms with Crippen molar-refractivity contribution in [3.63, 3.8) is 0 Å². The fraction of sp³-hybridized carbons (Fsp3) is 0.500. The predicted octanol–water partition coefficient (Wildman–Crippen LogP) is 2.10. The molecule has 0 aliphatic heterocycles. The van der Waals surface area contributed by atoms with Crippen molar-refractivity contribution in [2.75, 3.05) is 0 Å². The molecule has 0 amide bonds. The quantitative estimate of drug-likeness (QED) is 0.840. The molecule has 0 spiro atoms. The van der Waals surface area contributed by atoms with E-state index >= 15 is 0 Å². The van der Waals surface area contributed by atoms with Crippen LogP contribution in [0.5, 0.6) is 5.75 Å². The first-order valence-electron chi connectivity index (χ1n) is 5.91. The lowest BCUT2D eigenvalue weighted by Gasteiger charge is -2.16. The molecule has 0 bridgehead atoms. The highest BCUT2D eigenvalue weighted by Crippen LogP contribution is 2.22. The van der Waals surface area contributed by atoms with Crippen LogP contribution < -0.4 is 5.73 Å². The van der Waals surface area contributed by atoms with Crippen molar-refractivity contribution in [2.45, 2.75) is 40.2 Å². The number of hydrogen-bond acceptors (Lipinski definition) is 3. The molecule has 17 heavy (non-hydrogen) atoms. The summed E-state index contributed by atoms with van der Waals surface area (Å²) in [7, 11) is 0. The van der Waals surface area contributed by atoms with E-state index in [4.69, 9.17) is 5.73 Å². The summed E-state index contributed by atoms with van der Waals surface area (Å²) in [6, 6.07) is 2.95. The van der Waals surface area contributed by atoms with Crippen LogP contribution in [0.25, 0.3) is 0 Å². The van der Waals surface area contributed by atoms with Gasteiger partial charge >= 0.3 is 0 Å². The molecule has 94 valence electrons. The summed E-state index contributed by atoms with van der Waals surface area (Å²) in [4.78, 5) is 11.8. The summed E-state index contributed by atoms with van der Waals surface area (Å²) >= 11 is 0. The first-order chi connectivity index (χ1) is 7.82. The number of aryl methyl sites for hydroxylation is 2. The Labute approximate surface area is 103 Å². The first kappa shape index (κ1) is 13.7. The van der Waals surface area contributed by atoms with Crippen molar-refractivity contribution >= 4 is 5.78 Å². The average molecular weight is 235 g/mol. The van der Waals surface area contributed by atoms with Crippen LogP contribution in [-0.4, -0.2) is 16.9 Å². The molecule has 1 unspecified atom stereocenters. The van der Waals surface area contributed by atoms with E-state index in [-0.39, 0.29) is 17.5 Å². The second-order valence-corrected chi connectivity index (χ2v) is 4.93. The lowest BCUT2D eigenvalue weighted by Crippen LogP contribution is -2.36. The molecule has 3 nitrogen and oxygen atoms in total. The third-order valence-electron chi connectivity index (χ3n) is 3.04. The van der Waals surface area contributed by atoms with Gasteiger partial charge in [-0.1, -0.05) is 13.8 Å². The highest BCUT2D eigenvalue weighted by molar-refractivity contribution is 5.85. The van der Waals surface area contributed by atoms with Crippen molar-refractivity contribution in [2.24, 2.45) is 11.7 Å². The number of nitrogens with two attached hydrogens (primary N) is 1. The average Bonchev–Trinajstić information content (AvgIpc) is 2.21. The van der Waals surface area contributed by atoms with Crippen molar-refractivity contribution in [3.8, 4) is 5.75 Å². The summed E-state index contributed by atoms with van der Waals surface area (Å²) in [6.45, 7) is 7.57. The molecule has 1 aromatic carbocycles. The molecule has 0 aliphatic rings. The van der Waals surface area contributed by atoms with Gasteiger partial charge in [-0.15, -0.1) is 0 Å². The molecule has 3 N–H and O–H groups in total. The Balaban J connectivity index is 2.92. The number of ketones is 1. The van der Waals surface area contributed by atoms with E-state index in [0.717, 1.165) is 16.7 Å². The summed E-state index contributed by atoms with van der Waals surface area (Å²) in [5.41, 5.74) is 8.94. The second-order valence-electron chi connectivity index (χ2n) is 4.93. The Morgan fingerprint density at radius 3 is 2.18 bits per heavy atom. The number of phenolic OH excluding ortho intramolecular Hbond substituents is 1. The Hall–Kier alpha value is -1.35. The Kier molecular flexibility index (Phi) is 4.29. The maximum absolute atomic E-state index is 11.8. The van der Waals surface area contributed by atoms with Crippen molar-refractivity contribution < 1.29 is 9.90 Å². The molecular formula is C14H21NO2. The molecule has 0 radical (unpaired) electrons. The lowest BCUT2D eigenvalue weighted by molar-refractivity contribution is -0.123. The minimum Gasteiger partial charge on any atom is -0.508 e. The third-order valence-corrected chi connectivity index (χ3v) is 3.04. The van der Waals surface area contributed by atoms with Gasteiger partial charge in [-0.2, -0.15) is 0 Å². The van der Waals surface area contributed by atoms with Gasteiger partial charge in [0.15, 0.2) is 5.78 Å². The van der Waals surface area contributed by atoms with Gasteiger partial charge in [-0.05, 0) is 49.1 Å². The summed E-state index contributed by atoms with van der Waals surface area (Å²) in [5, 5.41) is 9.45. The van der Waals surface area contributed by atoms with Crippen molar-refractivity contribution in [1.29, 1.82) is 0 Å². The Morgan fingerprint density at radius 2 is 1.76 bits per heavy atom. The maximum Gasteiger partial charge on any atom is 0.152 e. The van der Waals surface area contributed by atoms with E-state index in [9.17, 15) is 9.90 Å². The lowest BCUT2D eigenvalue weighted by atomic mass is 9.92. The van der Waals surface area contributed by atoms with Crippen LogP contribution in [0.4, 0.5) is 0 Å². The minimum atomic E-state index is -0.461. The third kappa shape index (κ3) is 3.30. The van der Waals surface area contributed by atoms with Crippen LogP contribution in [0.3, 0.4) is 0 Å². The Bertz CT molecular complexity index is 401. The molecule has 0 aromatic heterocycles. The normalized spacial score (nSPS) is 12.8. The largest absolute Gasteiger partial charge is 0.508 e. The number of Topliss-reactive ketones (excluding diaryl/α,β-unsaturated/α-hetero) is 1. The van der Waals surface area contributed by atoms with E-state index in [1.807, 2.05) is 27.7 Å². The molecule has 1 rings (SSSR count). The van der Waals surface area contributed by atoms with E-state index in [1.165, 1.54) is 0 Å². The zero-order valence-electron chi connectivity index (χ0n) is 10.9. The first-order valence-corrected chi connectivity index (χ1v) is 5.91. The van der Waals surface area contributed by atoms with Gasteiger partial charge < -0.3 is 10.8 Å². The number of hydrogen-bond donors (Lipinski definition) is 2. The van der Waals surface area contributed by atoms with Gasteiger partial charge in [0.05, 0.1) is 6.04 Å². The van der Waals surface area contributed by atoms with Crippen molar-refractivity contribution in [1.82, 2.24) is 0 Å². The molecular weight excluding hydrogens is 214 g/mol. The zero-order valence-corrected chi connectivity index (χ0v) is 10.9. The van der Waals surface area contributed by atoms with Crippen LogP contribution in [-0.2, 0) is 11.2 Å². The van der Waals surface area contributed by atoms with Gasteiger partial charge in [0, 0.05) is 5.92 Å². The molecule has 1 aromatic rings. The fourth-order valence-electron chi connectivity index (χ4n) is 2.04. The Morgan fingerprint density at radius 1 is 1.29 bits per heavy atom. The second kappa shape index (κ2) is 5.32. The van der Waals surface area contributed by atoms with E-state index in [2.05, 4.69) is 0 Å². The summed E-state index contributed by atoms with van der Waals surface area (Å²) < 4.78 is 0. The number of rotatable bonds is 4.